The molecule has 2 atom stereocenters. The molecule has 0 aliphatic carbocycles. The Labute approximate surface area is 159 Å². The van der Waals surface area contributed by atoms with Crippen LogP contribution in [0.25, 0.3) is 0 Å². The molecule has 0 radical (unpaired) electrons. The predicted octanol–water partition coefficient (Wildman–Crippen LogP) is 5.31. The summed E-state index contributed by atoms with van der Waals surface area (Å²) in [5.74, 6) is -0.0119. The zero-order chi connectivity index (χ0) is 18.1. The lowest BCUT2D eigenvalue weighted by Crippen LogP contribution is -2.42. The zero-order valence-electron chi connectivity index (χ0n) is 14.6. The number of rotatable bonds is 3. The highest BCUT2D eigenvalue weighted by Crippen LogP contribution is 2.44. The first kappa shape index (κ1) is 16.9. The molecular formula is C23H20ClNO. The van der Waals surface area contributed by atoms with E-state index in [0.29, 0.717) is 11.4 Å². The van der Waals surface area contributed by atoms with E-state index in [1.807, 2.05) is 61.6 Å². The minimum absolute atomic E-state index is 0.00574. The number of anilines is 1. The number of carbonyl (C=O) groups is 1. The first-order valence-electron chi connectivity index (χ1n) is 8.81. The van der Waals surface area contributed by atoms with Crippen LogP contribution in [0.1, 0.15) is 22.6 Å². The van der Waals surface area contributed by atoms with Crippen LogP contribution in [-0.4, -0.2) is 13.0 Å². The summed E-state index contributed by atoms with van der Waals surface area (Å²) in [6.07, 6.45) is 0.704. The van der Waals surface area contributed by atoms with Crippen LogP contribution in [0.15, 0.2) is 78.9 Å². The van der Waals surface area contributed by atoms with E-state index >= 15 is 0 Å². The first-order chi connectivity index (χ1) is 12.6. The maximum absolute atomic E-state index is 13.3. The highest BCUT2D eigenvalue weighted by atomic mass is 35.5. The number of halogens is 1. The van der Waals surface area contributed by atoms with Crippen molar-refractivity contribution < 1.29 is 4.79 Å². The molecule has 130 valence electrons. The predicted molar refractivity (Wildman–Crippen MR) is 107 cm³/mol. The van der Waals surface area contributed by atoms with Gasteiger partial charge in [0.05, 0.1) is 5.92 Å². The van der Waals surface area contributed by atoms with Crippen LogP contribution in [-0.2, 0) is 11.2 Å². The zero-order valence-corrected chi connectivity index (χ0v) is 15.4. The molecule has 3 aromatic rings. The smallest absolute Gasteiger partial charge is 0.231 e. The van der Waals surface area contributed by atoms with Crippen molar-refractivity contribution in [2.24, 2.45) is 5.92 Å². The molecular weight excluding hydrogens is 342 g/mol. The third-order valence-electron chi connectivity index (χ3n) is 5.19. The number of hydrogen-bond donors (Lipinski definition) is 0. The second kappa shape index (κ2) is 6.97. The molecule has 2 unspecified atom stereocenters. The van der Waals surface area contributed by atoms with Crippen LogP contribution in [0.5, 0.6) is 0 Å². The van der Waals surface area contributed by atoms with Gasteiger partial charge in [-0.05, 0) is 41.3 Å². The van der Waals surface area contributed by atoms with Gasteiger partial charge in [0.1, 0.15) is 0 Å². The van der Waals surface area contributed by atoms with E-state index in [2.05, 4.69) is 24.3 Å². The number of nitrogens with zero attached hydrogens (tertiary/aromatic N) is 1. The average Bonchev–Trinajstić information content (AvgIpc) is 2.67. The summed E-state index contributed by atoms with van der Waals surface area (Å²) in [7, 11) is 1.87. The normalized spacial score (nSPS) is 19.3. The molecule has 1 aliphatic heterocycles. The average molecular weight is 362 g/mol. The minimum atomic E-state index is -0.157. The Morgan fingerprint density at radius 1 is 0.923 bits per heavy atom. The van der Waals surface area contributed by atoms with Crippen LogP contribution in [0, 0.1) is 5.92 Å². The molecule has 2 nitrogen and oxygen atoms in total. The maximum Gasteiger partial charge on any atom is 0.231 e. The molecule has 3 heteroatoms. The molecule has 0 spiro atoms. The summed E-state index contributed by atoms with van der Waals surface area (Å²) in [5, 5.41) is 0.699. The molecule has 4 rings (SSSR count). The van der Waals surface area contributed by atoms with E-state index in [4.69, 9.17) is 11.6 Å². The van der Waals surface area contributed by atoms with Gasteiger partial charge in [-0.25, -0.2) is 0 Å². The number of fused-ring (bicyclic) bond motifs is 1. The Balaban J connectivity index is 1.85. The van der Waals surface area contributed by atoms with Gasteiger partial charge in [0.25, 0.3) is 0 Å². The van der Waals surface area contributed by atoms with Gasteiger partial charge >= 0.3 is 0 Å². The fraction of sp³-hybridized carbons (Fsp3) is 0.174. The highest BCUT2D eigenvalue weighted by molar-refractivity contribution is 6.30. The summed E-state index contributed by atoms with van der Waals surface area (Å²) in [6.45, 7) is 0. The van der Waals surface area contributed by atoms with Crippen LogP contribution < -0.4 is 4.90 Å². The molecule has 1 heterocycles. The molecule has 0 fully saturated rings. The van der Waals surface area contributed by atoms with Gasteiger partial charge in [-0.2, -0.15) is 0 Å². The third kappa shape index (κ3) is 3.02. The van der Waals surface area contributed by atoms with Crippen molar-refractivity contribution in [3.63, 3.8) is 0 Å². The van der Waals surface area contributed by atoms with Gasteiger partial charge in [0, 0.05) is 23.7 Å². The minimum Gasteiger partial charge on any atom is -0.315 e. The number of para-hydroxylation sites is 1. The van der Waals surface area contributed by atoms with Crippen LogP contribution in [0.2, 0.25) is 5.02 Å². The largest absolute Gasteiger partial charge is 0.315 e. The molecule has 3 aromatic carbocycles. The lowest BCUT2D eigenvalue weighted by atomic mass is 9.74. The van der Waals surface area contributed by atoms with Crippen molar-refractivity contribution in [3.8, 4) is 0 Å². The Kier molecular flexibility index (Phi) is 4.52. The van der Waals surface area contributed by atoms with Crippen LogP contribution in [0.3, 0.4) is 0 Å². The van der Waals surface area contributed by atoms with Crippen molar-refractivity contribution in [1.82, 2.24) is 0 Å². The Morgan fingerprint density at radius 3 is 2.42 bits per heavy atom. The van der Waals surface area contributed by atoms with Crippen molar-refractivity contribution >= 4 is 23.2 Å². The molecule has 1 aliphatic rings. The van der Waals surface area contributed by atoms with Crippen molar-refractivity contribution in [2.75, 3.05) is 11.9 Å². The van der Waals surface area contributed by atoms with Crippen LogP contribution >= 0.6 is 11.6 Å². The van der Waals surface area contributed by atoms with Crippen LogP contribution in [0.4, 0.5) is 5.69 Å². The molecule has 0 N–H and O–H groups in total. The second-order valence-corrected chi connectivity index (χ2v) is 7.22. The monoisotopic (exact) mass is 361 g/mol. The molecule has 0 aromatic heterocycles. The van der Waals surface area contributed by atoms with Gasteiger partial charge in [-0.1, -0.05) is 72.3 Å². The van der Waals surface area contributed by atoms with Gasteiger partial charge < -0.3 is 4.90 Å². The van der Waals surface area contributed by atoms with Gasteiger partial charge in [-0.15, -0.1) is 0 Å². The van der Waals surface area contributed by atoms with Gasteiger partial charge in [0.15, 0.2) is 0 Å². The SMILES string of the molecule is CN1C(=O)C(Cc2ccccc2)C(c2cccc(Cl)c2)c2ccccc21. The second-order valence-electron chi connectivity index (χ2n) is 6.78. The molecule has 26 heavy (non-hydrogen) atoms. The third-order valence-corrected chi connectivity index (χ3v) is 5.42. The number of amides is 1. The summed E-state index contributed by atoms with van der Waals surface area (Å²) < 4.78 is 0. The topological polar surface area (TPSA) is 20.3 Å². The molecule has 0 saturated heterocycles. The summed E-state index contributed by atoms with van der Waals surface area (Å²) in [6, 6.07) is 26.3. The highest BCUT2D eigenvalue weighted by Gasteiger charge is 2.39. The number of hydrogen-bond acceptors (Lipinski definition) is 1. The van der Waals surface area contributed by atoms with Crippen molar-refractivity contribution in [2.45, 2.75) is 12.3 Å². The Hall–Kier alpha value is -2.58. The quantitative estimate of drug-likeness (QED) is 0.619. The van der Waals surface area contributed by atoms with Crippen molar-refractivity contribution in [1.29, 1.82) is 0 Å². The summed E-state index contributed by atoms with van der Waals surface area (Å²) in [5.41, 5.74) is 4.42. The number of benzene rings is 3. The van der Waals surface area contributed by atoms with E-state index in [1.165, 1.54) is 11.1 Å². The lowest BCUT2D eigenvalue weighted by Gasteiger charge is -2.38. The van der Waals surface area contributed by atoms with Gasteiger partial charge in [-0.3, -0.25) is 4.79 Å². The fourth-order valence-corrected chi connectivity index (χ4v) is 4.17. The maximum atomic E-state index is 13.3. The standard InChI is InChI=1S/C23H20ClNO/c1-25-21-13-6-5-12-19(21)22(17-10-7-11-18(24)15-17)20(23(25)26)14-16-8-3-2-4-9-16/h2-13,15,20,22H,14H2,1H3. The van der Waals surface area contributed by atoms with E-state index in [1.54, 1.807) is 4.90 Å². The Bertz CT molecular complexity index is 938. The number of carbonyl (C=O) groups excluding carboxylic acids is 1. The van der Waals surface area contributed by atoms with E-state index in [0.717, 1.165) is 11.3 Å². The van der Waals surface area contributed by atoms with E-state index in [9.17, 15) is 4.79 Å². The van der Waals surface area contributed by atoms with E-state index < -0.39 is 0 Å². The molecule has 0 bridgehead atoms. The van der Waals surface area contributed by atoms with E-state index in [-0.39, 0.29) is 17.7 Å². The molecule has 0 saturated carbocycles. The van der Waals surface area contributed by atoms with Crippen molar-refractivity contribution in [3.05, 3.63) is 101 Å². The summed E-state index contributed by atoms with van der Waals surface area (Å²) in [4.78, 5) is 15.0. The Morgan fingerprint density at radius 2 is 1.65 bits per heavy atom. The molecule has 1 amide bonds. The summed E-state index contributed by atoms with van der Waals surface area (Å²) >= 11 is 6.27. The fourth-order valence-electron chi connectivity index (χ4n) is 3.97. The first-order valence-corrected chi connectivity index (χ1v) is 9.19. The lowest BCUT2D eigenvalue weighted by molar-refractivity contribution is -0.123. The van der Waals surface area contributed by atoms with Gasteiger partial charge in [0.2, 0.25) is 5.91 Å².